The van der Waals surface area contributed by atoms with Crippen molar-refractivity contribution in [1.82, 2.24) is 0 Å². The maximum atomic E-state index is 10.8. The van der Waals surface area contributed by atoms with Gasteiger partial charge in [0.2, 0.25) is 0 Å². The fourth-order valence-electron chi connectivity index (χ4n) is 1.74. The summed E-state index contributed by atoms with van der Waals surface area (Å²) in [5.74, 6) is -0.853. The zero-order chi connectivity index (χ0) is 10.8. The third kappa shape index (κ3) is 2.59. The Bertz CT molecular complexity index is 363. The number of thiophene rings is 1. The number of ether oxygens (including phenoxy) is 1. The van der Waals surface area contributed by atoms with E-state index in [-0.39, 0.29) is 6.10 Å². The maximum absolute atomic E-state index is 10.8. The second-order valence-corrected chi connectivity index (χ2v) is 5.86. The molecule has 0 bridgehead atoms. The average molecular weight is 291 g/mol. The van der Waals surface area contributed by atoms with Crippen LogP contribution in [0.3, 0.4) is 0 Å². The first-order valence-electron chi connectivity index (χ1n) is 4.79. The molecule has 2 atom stereocenters. The van der Waals surface area contributed by atoms with Gasteiger partial charge in [-0.3, -0.25) is 0 Å². The number of carboxylic acid groups (broad SMARTS) is 1. The summed E-state index contributed by atoms with van der Waals surface area (Å²) in [6.07, 6.45) is 1.75. The lowest BCUT2D eigenvalue weighted by molar-refractivity contribution is -0.159. The van der Waals surface area contributed by atoms with Gasteiger partial charge in [0.05, 0.1) is 9.89 Å². The number of hydrogen-bond donors (Lipinski definition) is 1. The fourth-order valence-corrected chi connectivity index (χ4v) is 2.96. The van der Waals surface area contributed by atoms with Gasteiger partial charge in [-0.15, -0.1) is 11.3 Å². The molecule has 0 saturated carbocycles. The fraction of sp³-hybridized carbons (Fsp3) is 0.500. The second kappa shape index (κ2) is 4.63. The summed E-state index contributed by atoms with van der Waals surface area (Å²) < 4.78 is 6.59. The van der Waals surface area contributed by atoms with Crippen LogP contribution in [0.4, 0.5) is 0 Å². The topological polar surface area (TPSA) is 46.5 Å². The van der Waals surface area contributed by atoms with Crippen molar-refractivity contribution in [2.24, 2.45) is 0 Å². The molecule has 1 N–H and O–H groups in total. The Balaban J connectivity index is 2.07. The van der Waals surface area contributed by atoms with Crippen molar-refractivity contribution in [3.05, 3.63) is 20.8 Å². The molecule has 0 aromatic carbocycles. The minimum Gasteiger partial charge on any atom is -0.479 e. The molecule has 1 aromatic heterocycles. The predicted octanol–water partition coefficient (Wildman–Crippen LogP) is 3.21. The monoisotopic (exact) mass is 290 g/mol. The zero-order valence-corrected chi connectivity index (χ0v) is 10.4. The van der Waals surface area contributed by atoms with Crippen LogP contribution in [0.25, 0.3) is 0 Å². The molecule has 1 aromatic rings. The number of carbonyl (C=O) groups is 1. The van der Waals surface area contributed by atoms with Crippen LogP contribution in [0.1, 0.15) is 30.9 Å². The largest absolute Gasteiger partial charge is 0.479 e. The highest BCUT2D eigenvalue weighted by molar-refractivity contribution is 9.11. The van der Waals surface area contributed by atoms with Crippen molar-refractivity contribution in [2.45, 2.75) is 31.5 Å². The summed E-state index contributed by atoms with van der Waals surface area (Å²) >= 11 is 4.99. The third-order valence-corrected chi connectivity index (χ3v) is 4.02. The number of rotatable bonds is 2. The van der Waals surface area contributed by atoms with E-state index in [0.717, 1.165) is 22.2 Å². The minimum absolute atomic E-state index is 0.0533. The van der Waals surface area contributed by atoms with Crippen LogP contribution in [-0.2, 0) is 9.53 Å². The molecule has 0 radical (unpaired) electrons. The van der Waals surface area contributed by atoms with Gasteiger partial charge in [0.15, 0.2) is 6.10 Å². The van der Waals surface area contributed by atoms with E-state index in [4.69, 9.17) is 9.84 Å². The smallest absolute Gasteiger partial charge is 0.332 e. The summed E-state index contributed by atoms with van der Waals surface area (Å²) in [6.45, 7) is 0. The number of halogens is 1. The lowest BCUT2D eigenvalue weighted by Crippen LogP contribution is -2.29. The van der Waals surface area contributed by atoms with Gasteiger partial charge < -0.3 is 9.84 Å². The lowest BCUT2D eigenvalue weighted by Gasteiger charge is -2.27. The summed E-state index contributed by atoms with van der Waals surface area (Å²) in [7, 11) is 0. The van der Waals surface area contributed by atoms with Gasteiger partial charge in [-0.05, 0) is 52.2 Å². The molecule has 2 heterocycles. The lowest BCUT2D eigenvalue weighted by atomic mass is 10.0. The van der Waals surface area contributed by atoms with Gasteiger partial charge >= 0.3 is 5.97 Å². The molecule has 0 spiro atoms. The molecule has 1 fully saturated rings. The molecule has 3 nitrogen and oxygen atoms in total. The van der Waals surface area contributed by atoms with Crippen molar-refractivity contribution in [1.29, 1.82) is 0 Å². The molecule has 15 heavy (non-hydrogen) atoms. The van der Waals surface area contributed by atoms with Crippen LogP contribution in [-0.4, -0.2) is 17.2 Å². The van der Waals surface area contributed by atoms with E-state index in [9.17, 15) is 4.79 Å². The van der Waals surface area contributed by atoms with Crippen LogP contribution >= 0.6 is 27.3 Å². The summed E-state index contributed by atoms with van der Waals surface area (Å²) in [6, 6.07) is 2.00. The van der Waals surface area contributed by atoms with Gasteiger partial charge in [0.1, 0.15) is 0 Å². The quantitative estimate of drug-likeness (QED) is 0.910. The highest BCUT2D eigenvalue weighted by Gasteiger charge is 2.28. The van der Waals surface area contributed by atoms with Gasteiger partial charge in [0.25, 0.3) is 0 Å². The molecule has 5 heteroatoms. The van der Waals surface area contributed by atoms with Gasteiger partial charge in [-0.1, -0.05) is 0 Å². The van der Waals surface area contributed by atoms with E-state index in [1.807, 2.05) is 11.4 Å². The normalized spacial score (nSPS) is 26.5. The Morgan fingerprint density at radius 3 is 3.00 bits per heavy atom. The second-order valence-electron chi connectivity index (χ2n) is 3.57. The van der Waals surface area contributed by atoms with Crippen LogP contribution in [0.2, 0.25) is 0 Å². The van der Waals surface area contributed by atoms with E-state index >= 15 is 0 Å². The first-order chi connectivity index (χ1) is 7.16. The molecule has 0 amide bonds. The van der Waals surface area contributed by atoms with Crippen molar-refractivity contribution in [3.8, 4) is 0 Å². The molecule has 82 valence electrons. The van der Waals surface area contributed by atoms with Crippen LogP contribution in [0, 0.1) is 0 Å². The summed E-state index contributed by atoms with van der Waals surface area (Å²) in [5, 5.41) is 10.9. The van der Waals surface area contributed by atoms with E-state index in [1.54, 1.807) is 11.3 Å². The Hall–Kier alpha value is -0.390. The Kier molecular flexibility index (Phi) is 3.43. The molecule has 2 rings (SSSR count). The van der Waals surface area contributed by atoms with Gasteiger partial charge in [-0.2, -0.15) is 0 Å². The number of hydrogen-bond acceptors (Lipinski definition) is 3. The Morgan fingerprint density at radius 2 is 2.40 bits per heavy atom. The SMILES string of the molecule is O=C(O)C1CCCC(c2csc(Br)c2)O1. The summed E-state index contributed by atoms with van der Waals surface area (Å²) in [5.41, 5.74) is 1.08. The number of carboxylic acids is 1. The van der Waals surface area contributed by atoms with Crippen LogP contribution in [0.15, 0.2) is 15.2 Å². The third-order valence-electron chi connectivity index (χ3n) is 2.50. The standard InChI is InChI=1S/C10H11BrO3S/c11-9-4-6(5-15-9)7-2-1-3-8(14-7)10(12)13/h4-5,7-8H,1-3H2,(H,12,13). The van der Waals surface area contributed by atoms with E-state index in [1.165, 1.54) is 0 Å². The Labute approximate surface area is 100 Å². The molecular formula is C10H11BrO3S. The average Bonchev–Trinajstić information content (AvgIpc) is 2.65. The Morgan fingerprint density at radius 1 is 1.60 bits per heavy atom. The molecule has 0 aliphatic carbocycles. The molecule has 2 unspecified atom stereocenters. The molecule has 1 aliphatic rings. The molecule has 1 saturated heterocycles. The first-order valence-corrected chi connectivity index (χ1v) is 6.46. The predicted molar refractivity (Wildman–Crippen MR) is 61.1 cm³/mol. The minimum atomic E-state index is -0.853. The van der Waals surface area contributed by atoms with Gasteiger partial charge in [0, 0.05) is 0 Å². The zero-order valence-electron chi connectivity index (χ0n) is 7.98. The van der Waals surface area contributed by atoms with E-state index in [0.29, 0.717) is 6.42 Å². The van der Waals surface area contributed by atoms with Crippen molar-refractivity contribution in [3.63, 3.8) is 0 Å². The molecule has 1 aliphatic heterocycles. The maximum Gasteiger partial charge on any atom is 0.332 e. The van der Waals surface area contributed by atoms with Crippen LogP contribution < -0.4 is 0 Å². The molecular weight excluding hydrogens is 280 g/mol. The van der Waals surface area contributed by atoms with Crippen molar-refractivity contribution >= 4 is 33.2 Å². The van der Waals surface area contributed by atoms with E-state index < -0.39 is 12.1 Å². The highest BCUT2D eigenvalue weighted by Crippen LogP contribution is 2.34. The summed E-state index contributed by atoms with van der Waals surface area (Å²) in [4.78, 5) is 10.8. The number of aliphatic carboxylic acids is 1. The van der Waals surface area contributed by atoms with Gasteiger partial charge in [-0.25, -0.2) is 4.79 Å². The van der Waals surface area contributed by atoms with Crippen molar-refractivity contribution < 1.29 is 14.6 Å². The first kappa shape index (κ1) is 11.1. The van der Waals surface area contributed by atoms with Crippen LogP contribution in [0.5, 0.6) is 0 Å². The highest BCUT2D eigenvalue weighted by atomic mass is 79.9. The van der Waals surface area contributed by atoms with E-state index in [2.05, 4.69) is 15.9 Å². The van der Waals surface area contributed by atoms with Crippen molar-refractivity contribution in [2.75, 3.05) is 0 Å².